The molecule has 35 heavy (non-hydrogen) atoms. The van der Waals surface area contributed by atoms with Crippen molar-refractivity contribution in [3.05, 3.63) is 75.7 Å². The van der Waals surface area contributed by atoms with Crippen LogP contribution in [0.3, 0.4) is 0 Å². The molecule has 0 unspecified atom stereocenters. The molecule has 0 saturated carbocycles. The fourth-order valence-electron chi connectivity index (χ4n) is 3.85. The minimum atomic E-state index is -0.0591. The normalized spacial score (nSPS) is 16.3. The molecule has 4 rings (SSSR count). The highest BCUT2D eigenvalue weighted by Crippen LogP contribution is 2.40. The Balaban J connectivity index is 1.58. The van der Waals surface area contributed by atoms with E-state index in [1.165, 1.54) is 17.1 Å². The Morgan fingerprint density at radius 1 is 1.06 bits per heavy atom. The number of carbonyl (C=O) groups is 1. The van der Waals surface area contributed by atoms with Gasteiger partial charge in [-0.2, -0.15) is 0 Å². The van der Waals surface area contributed by atoms with E-state index in [1.807, 2.05) is 58.0 Å². The second kappa shape index (κ2) is 10.8. The number of aliphatic imine (C=N–C) groups is 1. The highest BCUT2D eigenvalue weighted by Gasteiger charge is 2.35. The lowest BCUT2D eigenvalue weighted by Crippen LogP contribution is -2.35. The van der Waals surface area contributed by atoms with Gasteiger partial charge in [0.05, 0.1) is 17.0 Å². The Kier molecular flexibility index (Phi) is 7.72. The molecule has 1 aliphatic rings. The average molecular weight is 509 g/mol. The molecule has 3 aromatic rings. The minimum Gasteiger partial charge on any atom is -0.493 e. The zero-order chi connectivity index (χ0) is 25.1. The molecule has 0 spiro atoms. The fourth-order valence-corrected chi connectivity index (χ4v) is 5.36. The summed E-state index contributed by atoms with van der Waals surface area (Å²) in [5.41, 5.74) is 1.79. The van der Waals surface area contributed by atoms with Crippen LogP contribution >= 0.6 is 23.4 Å². The van der Waals surface area contributed by atoms with E-state index in [0.717, 1.165) is 21.7 Å². The molecule has 0 aliphatic carbocycles. The van der Waals surface area contributed by atoms with E-state index in [9.17, 15) is 4.79 Å². The SMILES string of the molecule is COc1cc(/C=C2/SC(=NC(C)C)N(C(C)C)C2=O)cc(Cl)c1OCc1ccc2ccccc2c1. The number of thioether (sulfide) groups is 1. The number of methoxy groups -OCH3 is 1. The molecular weight excluding hydrogens is 480 g/mol. The summed E-state index contributed by atoms with van der Waals surface area (Å²) < 4.78 is 11.7. The third-order valence-corrected chi connectivity index (χ3v) is 6.75. The number of rotatable bonds is 7. The Labute approximate surface area is 215 Å². The zero-order valence-electron chi connectivity index (χ0n) is 20.5. The van der Waals surface area contributed by atoms with Gasteiger partial charge < -0.3 is 9.47 Å². The molecule has 5 nitrogen and oxygen atoms in total. The predicted octanol–water partition coefficient (Wildman–Crippen LogP) is 7.17. The molecule has 0 atom stereocenters. The molecule has 1 saturated heterocycles. The second-order valence-corrected chi connectivity index (χ2v) is 10.3. The van der Waals surface area contributed by atoms with Crippen molar-refractivity contribution in [3.8, 4) is 11.5 Å². The monoisotopic (exact) mass is 508 g/mol. The van der Waals surface area contributed by atoms with Gasteiger partial charge >= 0.3 is 0 Å². The number of amidine groups is 1. The van der Waals surface area contributed by atoms with Crippen LogP contribution in [0.4, 0.5) is 0 Å². The maximum atomic E-state index is 13.1. The van der Waals surface area contributed by atoms with Crippen molar-refractivity contribution in [3.63, 3.8) is 0 Å². The van der Waals surface area contributed by atoms with Gasteiger partial charge in [0.15, 0.2) is 16.7 Å². The summed E-state index contributed by atoms with van der Waals surface area (Å²) in [6.45, 7) is 8.32. The number of hydrogen-bond acceptors (Lipinski definition) is 5. The second-order valence-electron chi connectivity index (χ2n) is 8.89. The Morgan fingerprint density at radius 3 is 2.49 bits per heavy atom. The van der Waals surface area contributed by atoms with Gasteiger partial charge in [-0.1, -0.05) is 48.0 Å². The van der Waals surface area contributed by atoms with Crippen LogP contribution in [0.1, 0.15) is 38.8 Å². The average Bonchev–Trinajstić information content (AvgIpc) is 3.11. The van der Waals surface area contributed by atoms with Crippen LogP contribution in [0, 0.1) is 0 Å². The van der Waals surface area contributed by atoms with E-state index in [4.69, 9.17) is 21.1 Å². The first-order valence-corrected chi connectivity index (χ1v) is 12.7. The lowest BCUT2D eigenvalue weighted by molar-refractivity contribution is -0.123. The summed E-state index contributed by atoms with van der Waals surface area (Å²) in [5.74, 6) is 0.925. The predicted molar refractivity (Wildman–Crippen MR) is 146 cm³/mol. The van der Waals surface area contributed by atoms with Crippen LogP contribution in [-0.2, 0) is 11.4 Å². The summed E-state index contributed by atoms with van der Waals surface area (Å²) in [6, 6.07) is 18.2. The first-order chi connectivity index (χ1) is 16.8. The quantitative estimate of drug-likeness (QED) is 0.317. The van der Waals surface area contributed by atoms with Gasteiger partial charge in [-0.15, -0.1) is 0 Å². The molecule has 7 heteroatoms. The minimum absolute atomic E-state index is 0.0161. The number of carbonyl (C=O) groups excluding carboxylic acids is 1. The molecular formula is C28H29ClN2O3S. The molecule has 1 heterocycles. The van der Waals surface area contributed by atoms with E-state index in [2.05, 4.69) is 29.3 Å². The van der Waals surface area contributed by atoms with Crippen LogP contribution in [0.25, 0.3) is 16.8 Å². The lowest BCUT2D eigenvalue weighted by atomic mass is 10.1. The zero-order valence-corrected chi connectivity index (χ0v) is 22.1. The van der Waals surface area contributed by atoms with Crippen molar-refractivity contribution in [1.29, 1.82) is 0 Å². The van der Waals surface area contributed by atoms with Crippen LogP contribution < -0.4 is 9.47 Å². The molecule has 182 valence electrons. The van der Waals surface area contributed by atoms with Gasteiger partial charge in [0.2, 0.25) is 0 Å². The summed E-state index contributed by atoms with van der Waals surface area (Å²) in [6.07, 6.45) is 1.83. The first-order valence-electron chi connectivity index (χ1n) is 11.6. The Hall–Kier alpha value is -2.96. The van der Waals surface area contributed by atoms with Crippen molar-refractivity contribution >= 4 is 51.3 Å². The molecule has 0 aromatic heterocycles. The van der Waals surface area contributed by atoms with Crippen LogP contribution in [-0.4, -0.2) is 35.2 Å². The standard InChI is InChI=1S/C28H29ClN2O3S/c1-17(2)30-28-31(18(3)4)27(32)25(35-28)15-20-13-23(29)26(24(14-20)33-5)34-16-19-10-11-21-8-6-7-9-22(21)12-19/h6-15,17-18H,16H2,1-5H3/b25-15+,30-28?. The topological polar surface area (TPSA) is 51.1 Å². The molecule has 1 aliphatic heterocycles. The highest BCUT2D eigenvalue weighted by atomic mass is 35.5. The molecule has 0 radical (unpaired) electrons. The fraction of sp³-hybridized carbons (Fsp3) is 0.286. The van der Waals surface area contributed by atoms with Crippen molar-refractivity contribution in [2.45, 2.75) is 46.4 Å². The van der Waals surface area contributed by atoms with Crippen LogP contribution in [0.2, 0.25) is 5.02 Å². The van der Waals surface area contributed by atoms with E-state index in [-0.39, 0.29) is 18.0 Å². The number of amides is 1. The van der Waals surface area contributed by atoms with Gasteiger partial charge in [0.1, 0.15) is 6.61 Å². The summed E-state index contributed by atoms with van der Waals surface area (Å²) in [5, 5.41) is 3.48. The van der Waals surface area contributed by atoms with Gasteiger partial charge in [-0.3, -0.25) is 14.7 Å². The van der Waals surface area contributed by atoms with E-state index in [1.54, 1.807) is 18.1 Å². The van der Waals surface area contributed by atoms with E-state index in [0.29, 0.717) is 28.0 Å². The smallest absolute Gasteiger partial charge is 0.266 e. The maximum absolute atomic E-state index is 13.1. The number of ether oxygens (including phenoxy) is 2. The van der Waals surface area contributed by atoms with Crippen LogP contribution in [0.15, 0.2) is 64.5 Å². The van der Waals surface area contributed by atoms with Gasteiger partial charge in [-0.25, -0.2) is 0 Å². The third kappa shape index (κ3) is 5.65. The number of halogens is 1. The molecule has 1 fully saturated rings. The van der Waals surface area contributed by atoms with Gasteiger partial charge in [-0.05, 0) is 85.6 Å². The molecule has 0 N–H and O–H groups in total. The summed E-state index contributed by atoms with van der Waals surface area (Å²) in [7, 11) is 1.58. The van der Waals surface area contributed by atoms with Gasteiger partial charge in [0.25, 0.3) is 5.91 Å². The summed E-state index contributed by atoms with van der Waals surface area (Å²) in [4.78, 5) is 20.0. The van der Waals surface area contributed by atoms with E-state index >= 15 is 0 Å². The maximum Gasteiger partial charge on any atom is 0.266 e. The van der Waals surface area contributed by atoms with Crippen molar-refractivity contribution in [1.82, 2.24) is 4.90 Å². The van der Waals surface area contributed by atoms with E-state index < -0.39 is 0 Å². The third-order valence-electron chi connectivity index (χ3n) is 5.47. The number of hydrogen-bond donors (Lipinski definition) is 0. The number of fused-ring (bicyclic) bond motifs is 1. The molecule has 3 aromatic carbocycles. The van der Waals surface area contributed by atoms with Crippen molar-refractivity contribution in [2.75, 3.05) is 7.11 Å². The van der Waals surface area contributed by atoms with Crippen molar-refractivity contribution < 1.29 is 14.3 Å². The Bertz CT molecular complexity index is 1320. The molecule has 1 amide bonds. The molecule has 0 bridgehead atoms. The van der Waals surface area contributed by atoms with Crippen molar-refractivity contribution in [2.24, 2.45) is 4.99 Å². The lowest BCUT2D eigenvalue weighted by Gasteiger charge is -2.20. The van der Waals surface area contributed by atoms with Gasteiger partial charge in [0, 0.05) is 12.1 Å². The number of nitrogens with zero attached hydrogens (tertiary/aromatic N) is 2. The summed E-state index contributed by atoms with van der Waals surface area (Å²) >= 11 is 8.00. The number of benzene rings is 3. The van der Waals surface area contributed by atoms with Crippen LogP contribution in [0.5, 0.6) is 11.5 Å². The Morgan fingerprint density at radius 2 is 1.80 bits per heavy atom. The first kappa shape index (κ1) is 25.1. The largest absolute Gasteiger partial charge is 0.493 e. The highest BCUT2D eigenvalue weighted by molar-refractivity contribution is 8.18.